The van der Waals surface area contributed by atoms with Crippen LogP contribution in [0.1, 0.15) is 45.4 Å². The quantitative estimate of drug-likeness (QED) is 0.319. The van der Waals surface area contributed by atoms with E-state index in [0.717, 1.165) is 19.0 Å². The van der Waals surface area contributed by atoms with E-state index in [0.29, 0.717) is 0 Å². The molecule has 14 heavy (non-hydrogen) atoms. The predicted octanol–water partition coefficient (Wildman–Crippen LogP) is 5.10. The largest absolute Gasteiger partial charge is 0.321 e. The highest BCUT2D eigenvalue weighted by molar-refractivity contribution is 7.66. The Morgan fingerprint density at radius 2 is 1.43 bits per heavy atom. The summed E-state index contributed by atoms with van der Waals surface area (Å²) in [6.45, 7) is 2.20. The first-order valence-corrected chi connectivity index (χ1v) is 8.70. The van der Waals surface area contributed by atoms with Gasteiger partial charge in [0, 0.05) is 6.16 Å². The summed E-state index contributed by atoms with van der Waals surface area (Å²) in [5.41, 5.74) is 0.483. The number of hydrogen-bond acceptors (Lipinski definition) is 1. The van der Waals surface area contributed by atoms with Gasteiger partial charge in [0.2, 0.25) is 0 Å². The molecule has 0 heterocycles. The minimum absolute atomic E-state index is 0.242. The summed E-state index contributed by atoms with van der Waals surface area (Å²) in [5.74, 6) is 0. The highest BCUT2D eigenvalue weighted by Crippen LogP contribution is 2.48. The molecule has 0 saturated carbocycles. The van der Waals surface area contributed by atoms with E-state index in [-0.39, 0.29) is 11.2 Å². The van der Waals surface area contributed by atoms with Crippen LogP contribution in [0.2, 0.25) is 0 Å². The number of hydrogen-bond donors (Lipinski definition) is 0. The molecule has 0 bridgehead atoms. The Labute approximate surface area is 97.9 Å². The van der Waals surface area contributed by atoms with Crippen molar-refractivity contribution in [3.63, 3.8) is 0 Å². The summed E-state index contributed by atoms with van der Waals surface area (Å²) < 4.78 is 11.8. The smallest absolute Gasteiger partial charge is 0.116 e. The lowest BCUT2D eigenvalue weighted by molar-refractivity contribution is 0.573. The molecule has 0 amide bonds. The summed E-state index contributed by atoms with van der Waals surface area (Å²) in [7, 11) is -2.21. The van der Waals surface area contributed by atoms with Gasteiger partial charge in [0.05, 0.1) is 11.2 Å². The first kappa shape index (κ1) is 14.8. The average Bonchev–Trinajstić information content (AvgIpc) is 2.23. The standard InChI is InChI=1S/C10H21Cl2OP/c1-2-3-4-5-6-7-8-14(13,9-11)10-12/h2-10H2,1H3. The van der Waals surface area contributed by atoms with Crippen molar-refractivity contribution in [1.82, 2.24) is 0 Å². The van der Waals surface area contributed by atoms with E-state index in [4.69, 9.17) is 23.2 Å². The zero-order chi connectivity index (χ0) is 10.9. The Bertz CT molecular complexity index is 166. The summed E-state index contributed by atoms with van der Waals surface area (Å²) >= 11 is 11.2. The van der Waals surface area contributed by atoms with Crippen LogP contribution in [0.5, 0.6) is 0 Å². The van der Waals surface area contributed by atoms with Gasteiger partial charge in [-0.15, -0.1) is 23.2 Å². The normalized spacial score (nSPS) is 11.9. The fraction of sp³-hybridized carbons (Fsp3) is 1.00. The molecule has 86 valence electrons. The summed E-state index contributed by atoms with van der Waals surface area (Å²) in [6.07, 6.45) is 8.02. The second-order valence-electron chi connectivity index (χ2n) is 3.79. The van der Waals surface area contributed by atoms with Gasteiger partial charge < -0.3 is 4.57 Å². The highest BCUT2D eigenvalue weighted by Gasteiger charge is 2.18. The first-order chi connectivity index (χ1) is 6.68. The summed E-state index contributed by atoms with van der Waals surface area (Å²) in [5, 5.41) is 0. The van der Waals surface area contributed by atoms with Crippen LogP contribution in [0.3, 0.4) is 0 Å². The number of unbranched alkanes of at least 4 members (excludes halogenated alkanes) is 5. The molecule has 0 fully saturated rings. The molecule has 0 aromatic heterocycles. The molecule has 0 aliphatic rings. The Morgan fingerprint density at radius 3 is 1.93 bits per heavy atom. The van der Waals surface area contributed by atoms with Crippen molar-refractivity contribution >= 4 is 30.3 Å². The third kappa shape index (κ3) is 7.15. The van der Waals surface area contributed by atoms with Gasteiger partial charge in [-0.3, -0.25) is 0 Å². The van der Waals surface area contributed by atoms with Crippen molar-refractivity contribution in [2.45, 2.75) is 45.4 Å². The van der Waals surface area contributed by atoms with Crippen LogP contribution in [0.25, 0.3) is 0 Å². The SMILES string of the molecule is CCCCCCCCP(=O)(CCl)CCl. The average molecular weight is 259 g/mol. The third-order valence-corrected chi connectivity index (χ3v) is 6.97. The minimum Gasteiger partial charge on any atom is -0.321 e. The number of rotatable bonds is 9. The maximum absolute atomic E-state index is 11.8. The van der Waals surface area contributed by atoms with Crippen molar-refractivity contribution in [1.29, 1.82) is 0 Å². The van der Waals surface area contributed by atoms with E-state index >= 15 is 0 Å². The predicted molar refractivity (Wildman–Crippen MR) is 67.3 cm³/mol. The molecule has 4 heteroatoms. The van der Waals surface area contributed by atoms with Gasteiger partial charge in [-0.2, -0.15) is 0 Å². The van der Waals surface area contributed by atoms with Gasteiger partial charge in [0.1, 0.15) is 7.14 Å². The maximum Gasteiger partial charge on any atom is 0.116 e. The van der Waals surface area contributed by atoms with E-state index in [2.05, 4.69) is 6.92 Å². The van der Waals surface area contributed by atoms with Gasteiger partial charge in [-0.1, -0.05) is 39.0 Å². The van der Waals surface area contributed by atoms with Crippen LogP contribution < -0.4 is 0 Å². The van der Waals surface area contributed by atoms with Crippen LogP contribution in [0, 0.1) is 0 Å². The molecular formula is C10H21Cl2OP. The highest BCUT2D eigenvalue weighted by atomic mass is 35.5. The molecule has 0 saturated heterocycles. The Kier molecular flexibility index (Phi) is 9.59. The molecular weight excluding hydrogens is 238 g/mol. The minimum atomic E-state index is -2.21. The fourth-order valence-electron chi connectivity index (χ4n) is 1.33. The van der Waals surface area contributed by atoms with Gasteiger partial charge in [0.15, 0.2) is 0 Å². The van der Waals surface area contributed by atoms with Gasteiger partial charge in [-0.05, 0) is 6.42 Å². The van der Waals surface area contributed by atoms with Gasteiger partial charge in [-0.25, -0.2) is 0 Å². The Hall–Kier alpha value is 0.810. The first-order valence-electron chi connectivity index (χ1n) is 5.37. The van der Waals surface area contributed by atoms with Crippen molar-refractivity contribution < 1.29 is 4.57 Å². The van der Waals surface area contributed by atoms with Crippen molar-refractivity contribution in [3.8, 4) is 0 Å². The molecule has 0 aromatic carbocycles. The lowest BCUT2D eigenvalue weighted by Crippen LogP contribution is -1.93. The molecule has 0 atom stereocenters. The maximum atomic E-state index is 11.8. The summed E-state index contributed by atoms with van der Waals surface area (Å²) in [6, 6.07) is 0. The molecule has 0 rings (SSSR count). The molecule has 0 aliphatic heterocycles. The molecule has 0 aliphatic carbocycles. The van der Waals surface area contributed by atoms with E-state index < -0.39 is 7.14 Å². The molecule has 0 aromatic rings. The fourth-order valence-corrected chi connectivity index (χ4v) is 3.92. The lowest BCUT2D eigenvalue weighted by Gasteiger charge is -2.10. The van der Waals surface area contributed by atoms with Crippen molar-refractivity contribution in [3.05, 3.63) is 0 Å². The van der Waals surface area contributed by atoms with Gasteiger partial charge >= 0.3 is 0 Å². The molecule has 0 spiro atoms. The van der Waals surface area contributed by atoms with Crippen LogP contribution in [-0.4, -0.2) is 17.4 Å². The van der Waals surface area contributed by atoms with Crippen LogP contribution in [0.15, 0.2) is 0 Å². The van der Waals surface area contributed by atoms with E-state index in [1.54, 1.807) is 0 Å². The van der Waals surface area contributed by atoms with Crippen LogP contribution in [-0.2, 0) is 4.57 Å². The second kappa shape index (κ2) is 9.07. The van der Waals surface area contributed by atoms with Crippen LogP contribution in [0.4, 0.5) is 0 Å². The molecule has 0 radical (unpaired) electrons. The topological polar surface area (TPSA) is 17.1 Å². The zero-order valence-corrected chi connectivity index (χ0v) is 11.4. The monoisotopic (exact) mass is 258 g/mol. The molecule has 0 unspecified atom stereocenters. The van der Waals surface area contributed by atoms with E-state index in [1.165, 1.54) is 25.7 Å². The van der Waals surface area contributed by atoms with Gasteiger partial charge in [0.25, 0.3) is 0 Å². The van der Waals surface area contributed by atoms with Crippen molar-refractivity contribution in [2.75, 3.05) is 17.4 Å². The lowest BCUT2D eigenvalue weighted by atomic mass is 10.1. The number of halogens is 2. The molecule has 0 N–H and O–H groups in total. The Balaban J connectivity index is 3.39. The third-order valence-electron chi connectivity index (χ3n) is 2.35. The molecule has 1 nitrogen and oxygen atoms in total. The zero-order valence-electron chi connectivity index (χ0n) is 8.98. The number of alkyl halides is 2. The van der Waals surface area contributed by atoms with Crippen LogP contribution >= 0.6 is 30.3 Å². The van der Waals surface area contributed by atoms with E-state index in [1.807, 2.05) is 0 Å². The van der Waals surface area contributed by atoms with E-state index in [9.17, 15) is 4.57 Å². The summed E-state index contributed by atoms with van der Waals surface area (Å²) in [4.78, 5) is 0. The van der Waals surface area contributed by atoms with Crippen molar-refractivity contribution in [2.24, 2.45) is 0 Å². The second-order valence-corrected chi connectivity index (χ2v) is 8.26. The Morgan fingerprint density at radius 1 is 0.929 bits per heavy atom.